The smallest absolute Gasteiger partial charge is 0.335 e. The van der Waals surface area contributed by atoms with Gasteiger partial charge in [-0.25, -0.2) is 4.79 Å². The summed E-state index contributed by atoms with van der Waals surface area (Å²) in [5.41, 5.74) is 0. The second-order valence-electron chi connectivity index (χ2n) is 4.80. The van der Waals surface area contributed by atoms with Crippen molar-refractivity contribution in [2.24, 2.45) is 5.92 Å². The van der Waals surface area contributed by atoms with Crippen LogP contribution in [0.5, 0.6) is 17.2 Å². The van der Waals surface area contributed by atoms with Crippen molar-refractivity contribution in [3.8, 4) is 17.2 Å². The number of benzene rings is 1. The second-order valence-corrected chi connectivity index (χ2v) is 4.80. The maximum absolute atomic E-state index is 11.5. The Labute approximate surface area is 124 Å². The Morgan fingerprint density at radius 3 is 2.62 bits per heavy atom. The number of hydrogen-bond acceptors (Lipinski definition) is 5. The highest BCUT2D eigenvalue weighted by molar-refractivity contribution is 5.84. The van der Waals surface area contributed by atoms with Gasteiger partial charge < -0.3 is 18.9 Å². The van der Waals surface area contributed by atoms with Crippen LogP contribution in [-0.2, 0) is 9.53 Å². The van der Waals surface area contributed by atoms with E-state index < -0.39 is 5.97 Å². The molecule has 0 bridgehead atoms. The third-order valence-electron chi connectivity index (χ3n) is 3.03. The van der Waals surface area contributed by atoms with Gasteiger partial charge in [0.25, 0.3) is 0 Å². The Kier molecular flexibility index (Phi) is 5.63. The minimum atomic E-state index is -0.547. The molecular formula is C16H20O5. The van der Waals surface area contributed by atoms with Gasteiger partial charge in [-0.1, -0.05) is 12.6 Å². The van der Waals surface area contributed by atoms with Crippen LogP contribution in [0.2, 0.25) is 0 Å². The first-order valence-electron chi connectivity index (χ1n) is 6.96. The van der Waals surface area contributed by atoms with E-state index in [2.05, 4.69) is 6.58 Å². The summed E-state index contributed by atoms with van der Waals surface area (Å²) in [5.74, 6) is 1.31. The van der Waals surface area contributed by atoms with Crippen molar-refractivity contribution < 1.29 is 23.7 Å². The summed E-state index contributed by atoms with van der Waals surface area (Å²) in [4.78, 5) is 11.5. The van der Waals surface area contributed by atoms with E-state index in [1.165, 1.54) is 12.8 Å². The summed E-state index contributed by atoms with van der Waals surface area (Å²) in [5, 5.41) is 0. The fourth-order valence-electron chi connectivity index (χ4n) is 1.69. The quantitative estimate of drug-likeness (QED) is 0.303. The first-order chi connectivity index (χ1) is 10.2. The van der Waals surface area contributed by atoms with Crippen molar-refractivity contribution in [2.45, 2.75) is 12.8 Å². The molecule has 1 saturated carbocycles. The van der Waals surface area contributed by atoms with E-state index in [-0.39, 0.29) is 0 Å². The maximum atomic E-state index is 11.5. The molecule has 0 spiro atoms. The Hall–Kier alpha value is -2.01. The number of para-hydroxylation sites is 1. The molecule has 0 amide bonds. The number of carbonyl (C=O) groups is 1. The molecule has 1 aliphatic rings. The van der Waals surface area contributed by atoms with Crippen molar-refractivity contribution in [1.82, 2.24) is 0 Å². The molecule has 1 aliphatic carbocycles. The van der Waals surface area contributed by atoms with Gasteiger partial charge in [0.2, 0.25) is 5.75 Å². The fourth-order valence-corrected chi connectivity index (χ4v) is 1.69. The SMILES string of the molecule is C=CC(=O)Oc1c(OCCOC)cccc1OCC1CC1. The molecule has 0 N–H and O–H groups in total. The predicted octanol–water partition coefficient (Wildman–Crippen LogP) is 2.59. The van der Waals surface area contributed by atoms with Gasteiger partial charge in [0, 0.05) is 13.2 Å². The van der Waals surface area contributed by atoms with Crippen LogP contribution in [0.3, 0.4) is 0 Å². The molecule has 0 unspecified atom stereocenters. The molecule has 0 aliphatic heterocycles. The van der Waals surface area contributed by atoms with Gasteiger partial charge in [-0.3, -0.25) is 0 Å². The third-order valence-corrected chi connectivity index (χ3v) is 3.03. The molecular weight excluding hydrogens is 272 g/mol. The molecule has 0 atom stereocenters. The normalized spacial score (nSPS) is 13.6. The van der Waals surface area contributed by atoms with Crippen LogP contribution >= 0.6 is 0 Å². The van der Waals surface area contributed by atoms with Gasteiger partial charge in [0.1, 0.15) is 6.61 Å². The van der Waals surface area contributed by atoms with Gasteiger partial charge in [0.15, 0.2) is 11.5 Å². The molecule has 2 rings (SSSR count). The van der Waals surface area contributed by atoms with Crippen LogP contribution in [0.1, 0.15) is 12.8 Å². The summed E-state index contributed by atoms with van der Waals surface area (Å²) in [6.07, 6.45) is 3.48. The van der Waals surface area contributed by atoms with Gasteiger partial charge >= 0.3 is 5.97 Å². The molecule has 1 fully saturated rings. The van der Waals surface area contributed by atoms with E-state index in [1.807, 2.05) is 0 Å². The average Bonchev–Trinajstić information content (AvgIpc) is 3.31. The van der Waals surface area contributed by atoms with Crippen molar-refractivity contribution in [2.75, 3.05) is 26.9 Å². The fraction of sp³-hybridized carbons (Fsp3) is 0.438. The summed E-state index contributed by atoms with van der Waals surface area (Å²) < 4.78 is 21.5. The van der Waals surface area contributed by atoms with Gasteiger partial charge in [-0.15, -0.1) is 0 Å². The molecule has 21 heavy (non-hydrogen) atoms. The molecule has 114 valence electrons. The monoisotopic (exact) mass is 292 g/mol. The van der Waals surface area contributed by atoms with Crippen LogP contribution in [0, 0.1) is 5.92 Å². The molecule has 1 aromatic rings. The van der Waals surface area contributed by atoms with Crippen LogP contribution < -0.4 is 14.2 Å². The molecule has 0 radical (unpaired) electrons. The minimum absolute atomic E-state index is 0.291. The summed E-state index contributed by atoms with van der Waals surface area (Å²) >= 11 is 0. The second kappa shape index (κ2) is 7.69. The van der Waals surface area contributed by atoms with E-state index in [0.29, 0.717) is 43.0 Å². The lowest BCUT2D eigenvalue weighted by molar-refractivity contribution is -0.129. The molecule has 0 saturated heterocycles. The van der Waals surface area contributed by atoms with E-state index in [9.17, 15) is 4.79 Å². The lowest BCUT2D eigenvalue weighted by Crippen LogP contribution is -2.10. The van der Waals surface area contributed by atoms with Gasteiger partial charge in [0.05, 0.1) is 13.2 Å². The van der Waals surface area contributed by atoms with E-state index in [1.54, 1.807) is 25.3 Å². The highest BCUT2D eigenvalue weighted by Gasteiger charge is 2.23. The largest absolute Gasteiger partial charge is 0.489 e. The van der Waals surface area contributed by atoms with E-state index in [4.69, 9.17) is 18.9 Å². The average molecular weight is 292 g/mol. The van der Waals surface area contributed by atoms with Crippen LogP contribution in [0.15, 0.2) is 30.9 Å². The first kappa shape index (κ1) is 15.4. The van der Waals surface area contributed by atoms with Crippen molar-refractivity contribution in [1.29, 1.82) is 0 Å². The Morgan fingerprint density at radius 1 is 1.29 bits per heavy atom. The lowest BCUT2D eigenvalue weighted by Gasteiger charge is -2.15. The highest BCUT2D eigenvalue weighted by Crippen LogP contribution is 2.39. The summed E-state index contributed by atoms with van der Waals surface area (Å²) in [6, 6.07) is 5.29. The molecule has 0 aromatic heterocycles. The zero-order valence-electron chi connectivity index (χ0n) is 12.2. The van der Waals surface area contributed by atoms with E-state index in [0.717, 1.165) is 6.08 Å². The zero-order chi connectivity index (χ0) is 15.1. The van der Waals surface area contributed by atoms with Gasteiger partial charge in [-0.05, 0) is 30.9 Å². The molecule has 5 nitrogen and oxygen atoms in total. The van der Waals surface area contributed by atoms with E-state index >= 15 is 0 Å². The molecule has 0 heterocycles. The van der Waals surface area contributed by atoms with Crippen molar-refractivity contribution >= 4 is 5.97 Å². The number of hydrogen-bond donors (Lipinski definition) is 0. The predicted molar refractivity (Wildman–Crippen MR) is 77.9 cm³/mol. The lowest BCUT2D eigenvalue weighted by atomic mass is 10.3. The van der Waals surface area contributed by atoms with Crippen LogP contribution in [0.4, 0.5) is 0 Å². The Morgan fingerprint density at radius 2 is 2.00 bits per heavy atom. The summed E-state index contributed by atoms with van der Waals surface area (Å²) in [7, 11) is 1.59. The number of carbonyl (C=O) groups excluding carboxylic acids is 1. The standard InChI is InChI=1S/C16H20O5/c1-3-15(17)21-16-13(19-10-9-18-2)5-4-6-14(16)20-11-12-7-8-12/h3-6,12H,1,7-11H2,2H3. The zero-order valence-corrected chi connectivity index (χ0v) is 12.2. The Bertz CT molecular complexity index is 493. The number of esters is 1. The number of ether oxygens (including phenoxy) is 4. The molecule has 5 heteroatoms. The summed E-state index contributed by atoms with van der Waals surface area (Å²) in [6.45, 7) is 4.83. The van der Waals surface area contributed by atoms with Crippen LogP contribution in [-0.4, -0.2) is 32.9 Å². The minimum Gasteiger partial charge on any atom is -0.489 e. The number of rotatable bonds is 9. The van der Waals surface area contributed by atoms with Crippen molar-refractivity contribution in [3.05, 3.63) is 30.9 Å². The van der Waals surface area contributed by atoms with Gasteiger partial charge in [-0.2, -0.15) is 0 Å². The third kappa shape index (κ3) is 4.79. The van der Waals surface area contributed by atoms with Crippen molar-refractivity contribution in [3.63, 3.8) is 0 Å². The number of methoxy groups -OCH3 is 1. The topological polar surface area (TPSA) is 54.0 Å². The first-order valence-corrected chi connectivity index (χ1v) is 6.96. The Balaban J connectivity index is 2.13. The molecule has 1 aromatic carbocycles. The van der Waals surface area contributed by atoms with Crippen LogP contribution in [0.25, 0.3) is 0 Å². The maximum Gasteiger partial charge on any atom is 0.335 e. The highest BCUT2D eigenvalue weighted by atomic mass is 16.6.